The third kappa shape index (κ3) is 4.58. The Morgan fingerprint density at radius 2 is 1.52 bits per heavy atom. The Bertz CT molecular complexity index is 861. The number of rotatable bonds is 5. The number of sulfonamides is 1. The van der Waals surface area contributed by atoms with Gasteiger partial charge in [-0.1, -0.05) is 18.2 Å². The standard InChI is InChI=1S/C19H22N2O5S/c1-2-25-19(22)20-12-14-21(15-13-20)27(23,24)18-10-8-17(9-11-18)26-16-6-4-3-5-7-16/h3-11H,2,12-15H2,1H3. The lowest BCUT2D eigenvalue weighted by Gasteiger charge is -2.33. The number of hydrogen-bond donors (Lipinski definition) is 0. The normalized spacial score (nSPS) is 15.4. The molecule has 2 aromatic rings. The van der Waals surface area contributed by atoms with Crippen molar-refractivity contribution < 1.29 is 22.7 Å². The van der Waals surface area contributed by atoms with E-state index in [1.807, 2.05) is 30.3 Å². The van der Waals surface area contributed by atoms with Crippen molar-refractivity contribution in [2.75, 3.05) is 32.8 Å². The quantitative estimate of drug-likeness (QED) is 0.785. The van der Waals surface area contributed by atoms with E-state index in [9.17, 15) is 13.2 Å². The van der Waals surface area contributed by atoms with Crippen molar-refractivity contribution in [3.63, 3.8) is 0 Å². The molecule has 1 saturated heterocycles. The smallest absolute Gasteiger partial charge is 0.409 e. The van der Waals surface area contributed by atoms with Crippen LogP contribution >= 0.6 is 0 Å². The molecule has 0 N–H and O–H groups in total. The summed E-state index contributed by atoms with van der Waals surface area (Å²) in [5.74, 6) is 1.25. The van der Waals surface area contributed by atoms with E-state index in [1.54, 1.807) is 19.1 Å². The molecule has 3 rings (SSSR count). The Kier molecular flexibility index (Phi) is 5.98. The van der Waals surface area contributed by atoms with Crippen molar-refractivity contribution in [1.82, 2.24) is 9.21 Å². The Hall–Kier alpha value is -2.58. The average molecular weight is 390 g/mol. The number of benzene rings is 2. The van der Waals surface area contributed by atoms with Gasteiger partial charge in [-0.2, -0.15) is 4.31 Å². The molecule has 1 aliphatic heterocycles. The van der Waals surface area contributed by atoms with Crippen molar-refractivity contribution in [2.45, 2.75) is 11.8 Å². The molecule has 0 atom stereocenters. The second kappa shape index (κ2) is 8.41. The van der Waals surface area contributed by atoms with Crippen LogP contribution in [0.15, 0.2) is 59.5 Å². The van der Waals surface area contributed by atoms with Gasteiger partial charge in [-0.15, -0.1) is 0 Å². The summed E-state index contributed by atoms with van der Waals surface area (Å²) < 4.78 is 37.6. The van der Waals surface area contributed by atoms with Crippen molar-refractivity contribution in [3.05, 3.63) is 54.6 Å². The second-order valence-electron chi connectivity index (χ2n) is 5.98. The predicted molar refractivity (Wildman–Crippen MR) is 100 cm³/mol. The zero-order valence-corrected chi connectivity index (χ0v) is 15.9. The highest BCUT2D eigenvalue weighted by Gasteiger charge is 2.30. The fraction of sp³-hybridized carbons (Fsp3) is 0.316. The highest BCUT2D eigenvalue weighted by atomic mass is 32.2. The van der Waals surface area contributed by atoms with Gasteiger partial charge in [0.1, 0.15) is 11.5 Å². The van der Waals surface area contributed by atoms with Crippen LogP contribution in [0, 0.1) is 0 Å². The molecule has 8 heteroatoms. The number of carbonyl (C=O) groups excluding carboxylic acids is 1. The number of hydrogen-bond acceptors (Lipinski definition) is 5. The molecule has 0 aliphatic carbocycles. The van der Waals surface area contributed by atoms with Crippen LogP contribution < -0.4 is 4.74 Å². The maximum atomic E-state index is 12.8. The van der Waals surface area contributed by atoms with Gasteiger partial charge < -0.3 is 14.4 Å². The van der Waals surface area contributed by atoms with Gasteiger partial charge in [-0.05, 0) is 43.3 Å². The number of amides is 1. The van der Waals surface area contributed by atoms with Crippen LogP contribution in [0.2, 0.25) is 0 Å². The van der Waals surface area contributed by atoms with Gasteiger partial charge >= 0.3 is 6.09 Å². The van der Waals surface area contributed by atoms with Crippen molar-refractivity contribution in [2.24, 2.45) is 0 Å². The molecular weight excluding hydrogens is 368 g/mol. The molecule has 1 heterocycles. The maximum Gasteiger partial charge on any atom is 0.409 e. The molecule has 0 aromatic heterocycles. The second-order valence-corrected chi connectivity index (χ2v) is 7.91. The highest BCUT2D eigenvalue weighted by Crippen LogP contribution is 2.24. The maximum absolute atomic E-state index is 12.8. The minimum atomic E-state index is -3.61. The van der Waals surface area contributed by atoms with Crippen LogP contribution in [0.4, 0.5) is 4.79 Å². The first kappa shape index (κ1) is 19.2. The number of ether oxygens (including phenoxy) is 2. The van der Waals surface area contributed by atoms with Gasteiger partial charge in [0.2, 0.25) is 10.0 Å². The SMILES string of the molecule is CCOC(=O)N1CCN(S(=O)(=O)c2ccc(Oc3ccccc3)cc2)CC1. The molecule has 2 aromatic carbocycles. The summed E-state index contributed by atoms with van der Waals surface area (Å²) >= 11 is 0. The Balaban J connectivity index is 1.64. The minimum Gasteiger partial charge on any atom is -0.457 e. The van der Waals surface area contributed by atoms with E-state index in [2.05, 4.69) is 0 Å². The van der Waals surface area contributed by atoms with Crippen LogP contribution in [0.5, 0.6) is 11.5 Å². The van der Waals surface area contributed by atoms with Crippen LogP contribution in [-0.2, 0) is 14.8 Å². The van der Waals surface area contributed by atoms with Gasteiger partial charge in [0.15, 0.2) is 0 Å². The molecule has 7 nitrogen and oxygen atoms in total. The molecular formula is C19H22N2O5S. The van der Waals surface area contributed by atoms with Gasteiger partial charge in [0.25, 0.3) is 0 Å². The summed E-state index contributed by atoms with van der Waals surface area (Å²) in [5, 5.41) is 0. The number of carbonyl (C=O) groups is 1. The largest absolute Gasteiger partial charge is 0.457 e. The zero-order chi connectivity index (χ0) is 19.3. The topological polar surface area (TPSA) is 76.2 Å². The fourth-order valence-electron chi connectivity index (χ4n) is 2.78. The summed E-state index contributed by atoms with van der Waals surface area (Å²) in [6, 6.07) is 15.6. The fourth-order valence-corrected chi connectivity index (χ4v) is 4.20. The van der Waals surface area contributed by atoms with Crippen molar-refractivity contribution >= 4 is 16.1 Å². The third-order valence-corrected chi connectivity index (χ3v) is 6.12. The molecule has 144 valence electrons. The predicted octanol–water partition coefficient (Wildman–Crippen LogP) is 2.94. The van der Waals surface area contributed by atoms with Crippen LogP contribution in [-0.4, -0.2) is 56.5 Å². The monoisotopic (exact) mass is 390 g/mol. The van der Waals surface area contributed by atoms with Gasteiger partial charge in [-0.25, -0.2) is 13.2 Å². The van der Waals surface area contributed by atoms with E-state index in [-0.39, 0.29) is 18.0 Å². The van der Waals surface area contributed by atoms with Crippen molar-refractivity contribution in [1.29, 1.82) is 0 Å². The average Bonchev–Trinajstić information content (AvgIpc) is 2.69. The number of piperazine rings is 1. The Labute approximate surface area is 159 Å². The van der Waals surface area contributed by atoms with Crippen molar-refractivity contribution in [3.8, 4) is 11.5 Å². The summed E-state index contributed by atoms with van der Waals surface area (Å²) in [6.45, 7) is 3.14. The van der Waals surface area contributed by atoms with Gasteiger partial charge in [-0.3, -0.25) is 0 Å². The molecule has 1 aliphatic rings. The summed E-state index contributed by atoms with van der Waals surface area (Å²) in [6.07, 6.45) is -0.406. The lowest BCUT2D eigenvalue weighted by atomic mass is 10.3. The van der Waals surface area contributed by atoms with E-state index >= 15 is 0 Å². The first-order valence-corrected chi connectivity index (χ1v) is 10.2. The molecule has 0 bridgehead atoms. The number of para-hydroxylation sites is 1. The molecule has 1 amide bonds. The molecule has 0 saturated carbocycles. The van der Waals surface area contributed by atoms with Crippen LogP contribution in [0.25, 0.3) is 0 Å². The van der Waals surface area contributed by atoms with Crippen LogP contribution in [0.1, 0.15) is 6.92 Å². The first-order chi connectivity index (χ1) is 13.0. The Morgan fingerprint density at radius 1 is 0.926 bits per heavy atom. The van der Waals surface area contributed by atoms with Gasteiger partial charge in [0, 0.05) is 26.2 Å². The molecule has 0 spiro atoms. The van der Waals surface area contributed by atoms with E-state index in [0.29, 0.717) is 31.2 Å². The van der Waals surface area contributed by atoms with Gasteiger partial charge in [0.05, 0.1) is 11.5 Å². The summed E-state index contributed by atoms with van der Waals surface area (Å²) in [5.41, 5.74) is 0. The van der Waals surface area contributed by atoms with E-state index in [4.69, 9.17) is 9.47 Å². The minimum absolute atomic E-state index is 0.201. The molecule has 1 fully saturated rings. The lowest BCUT2D eigenvalue weighted by molar-refractivity contribution is 0.0934. The molecule has 0 radical (unpaired) electrons. The summed E-state index contributed by atoms with van der Waals surface area (Å²) in [7, 11) is -3.61. The highest BCUT2D eigenvalue weighted by molar-refractivity contribution is 7.89. The summed E-state index contributed by atoms with van der Waals surface area (Å²) in [4.78, 5) is 13.5. The molecule has 0 unspecified atom stereocenters. The van der Waals surface area contributed by atoms with E-state index < -0.39 is 16.1 Å². The van der Waals surface area contributed by atoms with E-state index in [1.165, 1.54) is 21.3 Å². The Morgan fingerprint density at radius 3 is 2.11 bits per heavy atom. The first-order valence-electron chi connectivity index (χ1n) is 8.75. The lowest BCUT2D eigenvalue weighted by Crippen LogP contribution is -2.50. The third-order valence-electron chi connectivity index (χ3n) is 4.21. The zero-order valence-electron chi connectivity index (χ0n) is 15.1. The van der Waals surface area contributed by atoms with E-state index in [0.717, 1.165) is 0 Å². The number of nitrogens with zero attached hydrogens (tertiary/aromatic N) is 2. The van der Waals surface area contributed by atoms with Crippen LogP contribution in [0.3, 0.4) is 0 Å². The molecule has 27 heavy (non-hydrogen) atoms.